The third-order valence-electron chi connectivity index (χ3n) is 1.63. The number of nitrogen functional groups attached to an aromatic ring is 1. The molecule has 0 aliphatic heterocycles. The molecular weight excluding hydrogens is 168 g/mol. The Morgan fingerprint density at radius 1 is 1.62 bits per heavy atom. The number of carbonyl (C=O) groups is 1. The molecule has 0 saturated carbocycles. The Kier molecular flexibility index (Phi) is 2.79. The van der Waals surface area contributed by atoms with E-state index in [4.69, 9.17) is 11.5 Å². The Morgan fingerprint density at radius 3 is 2.77 bits per heavy atom. The maximum atomic E-state index is 10.6. The fourth-order valence-corrected chi connectivity index (χ4v) is 0.953. The molecule has 0 saturated heterocycles. The number of hydrogen-bond acceptors (Lipinski definition) is 4. The highest BCUT2D eigenvalue weighted by molar-refractivity contribution is 5.77. The second kappa shape index (κ2) is 3.84. The highest BCUT2D eigenvalue weighted by Gasteiger charge is 2.05. The minimum Gasteiger partial charge on any atom is -0.383 e. The molecule has 70 valence electrons. The van der Waals surface area contributed by atoms with Crippen LogP contribution >= 0.6 is 0 Å². The number of amides is 1. The van der Waals surface area contributed by atoms with Crippen molar-refractivity contribution in [2.75, 3.05) is 5.73 Å². The average molecular weight is 180 g/mol. The van der Waals surface area contributed by atoms with E-state index in [2.05, 4.69) is 9.97 Å². The van der Waals surface area contributed by atoms with E-state index in [1.807, 2.05) is 6.92 Å². The molecule has 5 heteroatoms. The van der Waals surface area contributed by atoms with E-state index in [0.717, 1.165) is 6.42 Å². The average Bonchev–Trinajstić information content (AvgIpc) is 2.08. The number of hydrogen-bond donors (Lipinski definition) is 2. The summed E-state index contributed by atoms with van der Waals surface area (Å²) < 4.78 is 0. The summed E-state index contributed by atoms with van der Waals surface area (Å²) in [5.74, 6) is 0.580. The van der Waals surface area contributed by atoms with Gasteiger partial charge in [0.1, 0.15) is 11.6 Å². The second-order valence-corrected chi connectivity index (χ2v) is 2.69. The van der Waals surface area contributed by atoms with E-state index in [9.17, 15) is 4.79 Å². The number of nitrogens with two attached hydrogens (primary N) is 2. The molecule has 1 aromatic rings. The normalized spacial score (nSPS) is 9.92. The second-order valence-electron chi connectivity index (χ2n) is 2.69. The largest absolute Gasteiger partial charge is 0.383 e. The van der Waals surface area contributed by atoms with E-state index in [1.54, 1.807) is 6.20 Å². The van der Waals surface area contributed by atoms with Crippen LogP contribution in [0.5, 0.6) is 0 Å². The Bertz CT molecular complexity index is 324. The third-order valence-corrected chi connectivity index (χ3v) is 1.63. The van der Waals surface area contributed by atoms with Crippen LogP contribution in [-0.4, -0.2) is 15.9 Å². The van der Waals surface area contributed by atoms with Crippen LogP contribution in [0.3, 0.4) is 0 Å². The molecule has 0 aliphatic rings. The predicted octanol–water partition coefficient (Wildman–Crippen LogP) is -0.351. The Labute approximate surface area is 76.2 Å². The summed E-state index contributed by atoms with van der Waals surface area (Å²) >= 11 is 0. The summed E-state index contributed by atoms with van der Waals surface area (Å²) in [6, 6.07) is 0. The molecule has 1 amide bonds. The lowest BCUT2D eigenvalue weighted by Crippen LogP contribution is -2.16. The van der Waals surface area contributed by atoms with Crippen LogP contribution in [0.4, 0.5) is 5.82 Å². The van der Waals surface area contributed by atoms with Gasteiger partial charge in [0.25, 0.3) is 0 Å². The van der Waals surface area contributed by atoms with Gasteiger partial charge in [-0.25, -0.2) is 9.97 Å². The van der Waals surface area contributed by atoms with E-state index >= 15 is 0 Å². The van der Waals surface area contributed by atoms with Crippen LogP contribution < -0.4 is 11.5 Å². The molecule has 0 radical (unpaired) electrons. The third kappa shape index (κ3) is 2.40. The van der Waals surface area contributed by atoms with Gasteiger partial charge in [-0.2, -0.15) is 0 Å². The zero-order chi connectivity index (χ0) is 9.84. The summed E-state index contributed by atoms with van der Waals surface area (Å²) in [5, 5.41) is 0. The highest BCUT2D eigenvalue weighted by atomic mass is 16.1. The summed E-state index contributed by atoms with van der Waals surface area (Å²) in [5.41, 5.74) is 11.2. The van der Waals surface area contributed by atoms with Crippen molar-refractivity contribution in [2.45, 2.75) is 19.8 Å². The van der Waals surface area contributed by atoms with Crippen molar-refractivity contribution in [2.24, 2.45) is 5.73 Å². The van der Waals surface area contributed by atoms with Crippen LogP contribution in [-0.2, 0) is 17.6 Å². The molecule has 5 nitrogen and oxygen atoms in total. The molecule has 13 heavy (non-hydrogen) atoms. The summed E-state index contributed by atoms with van der Waals surface area (Å²) in [6.45, 7) is 1.93. The number of nitrogens with zero attached hydrogens (tertiary/aromatic N) is 2. The Hall–Kier alpha value is -1.65. The maximum absolute atomic E-state index is 10.6. The van der Waals surface area contributed by atoms with Crippen molar-refractivity contribution in [3.05, 3.63) is 17.6 Å². The number of aromatic nitrogens is 2. The van der Waals surface area contributed by atoms with E-state index in [1.165, 1.54) is 0 Å². The van der Waals surface area contributed by atoms with Gasteiger partial charge >= 0.3 is 0 Å². The molecule has 0 aliphatic carbocycles. The molecule has 0 spiro atoms. The molecule has 1 rings (SSSR count). The van der Waals surface area contributed by atoms with Crippen molar-refractivity contribution in [3.8, 4) is 0 Å². The van der Waals surface area contributed by atoms with Gasteiger partial charge in [0.05, 0.1) is 6.42 Å². The van der Waals surface area contributed by atoms with Gasteiger partial charge in [-0.15, -0.1) is 0 Å². The quantitative estimate of drug-likeness (QED) is 0.664. The zero-order valence-electron chi connectivity index (χ0n) is 7.45. The molecule has 0 bridgehead atoms. The summed E-state index contributed by atoms with van der Waals surface area (Å²) in [7, 11) is 0. The number of aryl methyl sites for hydroxylation is 1. The van der Waals surface area contributed by atoms with Gasteiger partial charge in [-0.3, -0.25) is 4.79 Å². The van der Waals surface area contributed by atoms with Gasteiger partial charge in [0.15, 0.2) is 0 Å². The summed E-state index contributed by atoms with van der Waals surface area (Å²) in [6.07, 6.45) is 2.36. The van der Waals surface area contributed by atoms with Crippen LogP contribution in [0.15, 0.2) is 6.20 Å². The molecule has 0 atom stereocenters. The van der Waals surface area contributed by atoms with Crippen LogP contribution in [0.25, 0.3) is 0 Å². The van der Waals surface area contributed by atoms with Crippen molar-refractivity contribution < 1.29 is 4.79 Å². The van der Waals surface area contributed by atoms with Crippen LogP contribution in [0, 0.1) is 0 Å². The van der Waals surface area contributed by atoms with Crippen molar-refractivity contribution >= 4 is 11.7 Å². The standard InChI is InChI=1S/C8H12N4O/c1-2-7-11-4-5(3-6(9)13)8(10)12-7/h4H,2-3H2,1H3,(H2,9,13)(H2,10,11,12). The first-order chi connectivity index (χ1) is 6.13. The lowest BCUT2D eigenvalue weighted by molar-refractivity contribution is -0.117. The molecule has 1 aromatic heterocycles. The van der Waals surface area contributed by atoms with Crippen LogP contribution in [0.2, 0.25) is 0 Å². The molecule has 0 fully saturated rings. The van der Waals surface area contributed by atoms with Crippen molar-refractivity contribution in [3.63, 3.8) is 0 Å². The smallest absolute Gasteiger partial charge is 0.222 e. The zero-order valence-corrected chi connectivity index (χ0v) is 7.45. The van der Waals surface area contributed by atoms with E-state index < -0.39 is 5.91 Å². The maximum Gasteiger partial charge on any atom is 0.222 e. The van der Waals surface area contributed by atoms with Crippen LogP contribution in [0.1, 0.15) is 18.3 Å². The Morgan fingerprint density at radius 2 is 2.31 bits per heavy atom. The van der Waals surface area contributed by atoms with E-state index in [0.29, 0.717) is 17.2 Å². The minimum atomic E-state index is -0.431. The molecule has 1 heterocycles. The van der Waals surface area contributed by atoms with Gasteiger partial charge in [0.2, 0.25) is 5.91 Å². The lowest BCUT2D eigenvalue weighted by Gasteiger charge is -2.02. The van der Waals surface area contributed by atoms with Gasteiger partial charge in [0, 0.05) is 18.2 Å². The molecule has 4 N–H and O–H groups in total. The Balaban J connectivity index is 2.91. The highest BCUT2D eigenvalue weighted by Crippen LogP contribution is 2.07. The van der Waals surface area contributed by atoms with Gasteiger partial charge in [-0.1, -0.05) is 6.92 Å². The van der Waals surface area contributed by atoms with Crippen molar-refractivity contribution in [1.82, 2.24) is 9.97 Å². The first-order valence-electron chi connectivity index (χ1n) is 4.02. The number of carbonyl (C=O) groups excluding carboxylic acids is 1. The number of rotatable bonds is 3. The van der Waals surface area contributed by atoms with Gasteiger partial charge in [-0.05, 0) is 0 Å². The fraction of sp³-hybridized carbons (Fsp3) is 0.375. The monoisotopic (exact) mass is 180 g/mol. The number of primary amides is 1. The SMILES string of the molecule is CCc1ncc(CC(N)=O)c(N)n1. The first kappa shape index (κ1) is 9.44. The summed E-state index contributed by atoms with van der Waals surface area (Å²) in [4.78, 5) is 18.6. The molecule has 0 aromatic carbocycles. The molecule has 0 unspecified atom stereocenters. The van der Waals surface area contributed by atoms with E-state index in [-0.39, 0.29) is 6.42 Å². The van der Waals surface area contributed by atoms with Gasteiger partial charge < -0.3 is 11.5 Å². The molecular formula is C8H12N4O. The number of anilines is 1. The predicted molar refractivity (Wildman–Crippen MR) is 48.7 cm³/mol. The topological polar surface area (TPSA) is 94.9 Å². The van der Waals surface area contributed by atoms with Crippen molar-refractivity contribution in [1.29, 1.82) is 0 Å². The fourth-order valence-electron chi connectivity index (χ4n) is 0.953. The first-order valence-corrected chi connectivity index (χ1v) is 4.02. The lowest BCUT2D eigenvalue weighted by atomic mass is 10.2. The minimum absolute atomic E-state index is 0.0931.